The first-order valence-electron chi connectivity index (χ1n) is 9.23. The zero-order valence-corrected chi connectivity index (χ0v) is 16.9. The predicted molar refractivity (Wildman–Crippen MR) is 110 cm³/mol. The van der Waals surface area contributed by atoms with Crippen molar-refractivity contribution < 1.29 is 9.59 Å². The Kier molecular flexibility index (Phi) is 5.44. The molecule has 0 aliphatic rings. The Labute approximate surface area is 164 Å². The van der Waals surface area contributed by atoms with Crippen LogP contribution < -0.4 is 10.2 Å². The molecule has 0 saturated carbocycles. The number of fused-ring (bicyclic) bond motifs is 1. The van der Waals surface area contributed by atoms with E-state index in [2.05, 4.69) is 15.4 Å². The minimum Gasteiger partial charge on any atom is -0.326 e. The number of hydrogen-bond donors (Lipinski definition) is 1. The van der Waals surface area contributed by atoms with Crippen LogP contribution in [-0.4, -0.2) is 33.5 Å². The third-order valence-electron chi connectivity index (χ3n) is 4.90. The number of carbonyl (C=O) groups excluding carboxylic acids is 2. The Morgan fingerprint density at radius 3 is 2.46 bits per heavy atom. The summed E-state index contributed by atoms with van der Waals surface area (Å²) in [7, 11) is 1.71. The Morgan fingerprint density at radius 2 is 1.82 bits per heavy atom. The van der Waals surface area contributed by atoms with E-state index in [9.17, 15) is 9.59 Å². The highest BCUT2D eigenvalue weighted by atomic mass is 16.2. The molecule has 0 fully saturated rings. The number of aromatic nitrogens is 3. The van der Waals surface area contributed by atoms with Crippen LogP contribution in [0.3, 0.4) is 0 Å². The smallest absolute Gasteiger partial charge is 0.224 e. The van der Waals surface area contributed by atoms with Gasteiger partial charge in [-0.3, -0.25) is 9.59 Å². The molecule has 0 aliphatic heterocycles. The van der Waals surface area contributed by atoms with E-state index in [1.165, 1.54) is 6.92 Å². The molecule has 28 heavy (non-hydrogen) atoms. The summed E-state index contributed by atoms with van der Waals surface area (Å²) in [5.41, 5.74) is 6.22. The van der Waals surface area contributed by atoms with Gasteiger partial charge in [-0.15, -0.1) is 0 Å². The minimum atomic E-state index is -0.0665. The van der Waals surface area contributed by atoms with Crippen LogP contribution in [0.5, 0.6) is 0 Å². The maximum absolute atomic E-state index is 12.4. The van der Waals surface area contributed by atoms with E-state index in [0.717, 1.165) is 34.0 Å². The van der Waals surface area contributed by atoms with Gasteiger partial charge in [-0.2, -0.15) is 5.10 Å². The summed E-state index contributed by atoms with van der Waals surface area (Å²) in [5, 5.41) is 7.37. The van der Waals surface area contributed by atoms with E-state index < -0.39 is 0 Å². The first-order valence-corrected chi connectivity index (χ1v) is 9.23. The second-order valence-corrected chi connectivity index (χ2v) is 6.99. The fraction of sp³-hybridized carbons (Fsp3) is 0.333. The Hall–Kier alpha value is -3.22. The predicted octanol–water partition coefficient (Wildman–Crippen LogP) is 3.21. The van der Waals surface area contributed by atoms with Gasteiger partial charge in [0.1, 0.15) is 0 Å². The molecule has 7 heteroatoms. The van der Waals surface area contributed by atoms with Crippen LogP contribution in [0.25, 0.3) is 5.65 Å². The van der Waals surface area contributed by atoms with E-state index in [0.29, 0.717) is 18.5 Å². The van der Waals surface area contributed by atoms with Crippen molar-refractivity contribution in [2.24, 2.45) is 0 Å². The van der Waals surface area contributed by atoms with Gasteiger partial charge in [0, 0.05) is 49.2 Å². The number of rotatable bonds is 5. The zero-order chi connectivity index (χ0) is 20.4. The molecule has 0 aliphatic carbocycles. The molecular formula is C21H25N5O2. The van der Waals surface area contributed by atoms with Crippen molar-refractivity contribution in [3.63, 3.8) is 0 Å². The van der Waals surface area contributed by atoms with Crippen LogP contribution in [0.4, 0.5) is 11.4 Å². The number of carbonyl (C=O) groups is 2. The summed E-state index contributed by atoms with van der Waals surface area (Å²) in [6, 6.07) is 9.16. The highest BCUT2D eigenvalue weighted by Crippen LogP contribution is 2.19. The molecule has 0 radical (unpaired) electrons. The van der Waals surface area contributed by atoms with Crippen molar-refractivity contribution in [1.82, 2.24) is 14.6 Å². The summed E-state index contributed by atoms with van der Waals surface area (Å²) in [4.78, 5) is 29.9. The van der Waals surface area contributed by atoms with Crippen molar-refractivity contribution in [1.29, 1.82) is 0 Å². The van der Waals surface area contributed by atoms with Gasteiger partial charge in [0.2, 0.25) is 11.8 Å². The molecule has 146 valence electrons. The van der Waals surface area contributed by atoms with Gasteiger partial charge in [-0.1, -0.05) is 0 Å². The van der Waals surface area contributed by atoms with Crippen LogP contribution in [0.1, 0.15) is 36.0 Å². The summed E-state index contributed by atoms with van der Waals surface area (Å²) in [6.07, 6.45) is 0.945. The van der Waals surface area contributed by atoms with Crippen LogP contribution in [-0.2, 0) is 16.0 Å². The molecule has 2 heterocycles. The molecule has 1 N–H and O–H groups in total. The highest BCUT2D eigenvalue weighted by molar-refractivity contribution is 5.93. The fourth-order valence-electron chi connectivity index (χ4n) is 3.22. The Balaban J connectivity index is 1.66. The molecule has 7 nitrogen and oxygen atoms in total. The summed E-state index contributed by atoms with van der Waals surface area (Å²) < 4.78 is 1.83. The van der Waals surface area contributed by atoms with E-state index in [1.807, 2.05) is 43.5 Å². The largest absolute Gasteiger partial charge is 0.326 e. The summed E-state index contributed by atoms with van der Waals surface area (Å²) in [5.74, 6) is -0.108. The molecule has 0 bridgehead atoms. The molecule has 2 aromatic heterocycles. The van der Waals surface area contributed by atoms with Gasteiger partial charge < -0.3 is 10.2 Å². The number of hydrogen-bond acceptors (Lipinski definition) is 4. The van der Waals surface area contributed by atoms with Gasteiger partial charge in [-0.25, -0.2) is 9.50 Å². The molecule has 3 aromatic rings. The monoisotopic (exact) mass is 379 g/mol. The SMILES string of the molecule is CC(=O)N(C)c1ccc(NC(=O)CCc2c(C)nc3cc(C)nn3c2C)cc1. The topological polar surface area (TPSA) is 79.6 Å². The lowest BCUT2D eigenvalue weighted by Gasteiger charge is -2.15. The first-order chi connectivity index (χ1) is 13.3. The van der Waals surface area contributed by atoms with Gasteiger partial charge in [0.05, 0.1) is 5.69 Å². The van der Waals surface area contributed by atoms with Gasteiger partial charge in [-0.05, 0) is 57.0 Å². The number of nitrogens with one attached hydrogen (secondary N) is 1. The molecule has 2 amide bonds. The number of nitrogens with zero attached hydrogens (tertiary/aromatic N) is 4. The molecular weight excluding hydrogens is 354 g/mol. The number of anilines is 2. The van der Waals surface area contributed by atoms with Crippen molar-refractivity contribution in [3.8, 4) is 0 Å². The van der Waals surface area contributed by atoms with Crippen LogP contribution in [0, 0.1) is 20.8 Å². The molecule has 0 atom stereocenters. The number of amides is 2. The number of benzene rings is 1. The molecule has 1 aromatic carbocycles. The average molecular weight is 379 g/mol. The van der Waals surface area contributed by atoms with Crippen molar-refractivity contribution in [2.45, 2.75) is 40.5 Å². The Bertz CT molecular complexity index is 1040. The highest BCUT2D eigenvalue weighted by Gasteiger charge is 2.13. The second kappa shape index (κ2) is 7.80. The maximum atomic E-state index is 12.4. The standard InChI is InChI=1S/C21H25N5O2/c1-13-12-20-22-14(2)19(15(3)26(20)24-13)10-11-21(28)23-17-6-8-18(9-7-17)25(5)16(4)27/h6-9,12H,10-11H2,1-5H3,(H,23,28). The lowest BCUT2D eigenvalue weighted by molar-refractivity contribution is -0.117. The molecule has 0 unspecified atom stereocenters. The maximum Gasteiger partial charge on any atom is 0.224 e. The van der Waals surface area contributed by atoms with E-state index in [-0.39, 0.29) is 11.8 Å². The second-order valence-electron chi connectivity index (χ2n) is 6.99. The first kappa shape index (κ1) is 19.5. The lowest BCUT2D eigenvalue weighted by atomic mass is 10.1. The molecule has 3 rings (SSSR count). The van der Waals surface area contributed by atoms with Crippen LogP contribution >= 0.6 is 0 Å². The Morgan fingerprint density at radius 1 is 1.14 bits per heavy atom. The zero-order valence-electron chi connectivity index (χ0n) is 16.9. The third-order valence-corrected chi connectivity index (χ3v) is 4.90. The quantitative estimate of drug-likeness (QED) is 0.738. The average Bonchev–Trinajstić information content (AvgIpc) is 3.01. The summed E-state index contributed by atoms with van der Waals surface area (Å²) in [6.45, 7) is 7.42. The van der Waals surface area contributed by atoms with E-state index in [1.54, 1.807) is 24.1 Å². The minimum absolute atomic E-state index is 0.0412. The van der Waals surface area contributed by atoms with Crippen molar-refractivity contribution in [2.75, 3.05) is 17.3 Å². The third kappa shape index (κ3) is 4.03. The van der Waals surface area contributed by atoms with Gasteiger partial charge >= 0.3 is 0 Å². The summed E-state index contributed by atoms with van der Waals surface area (Å²) >= 11 is 0. The lowest BCUT2D eigenvalue weighted by Crippen LogP contribution is -2.22. The molecule has 0 saturated heterocycles. The van der Waals surface area contributed by atoms with Crippen LogP contribution in [0.15, 0.2) is 30.3 Å². The molecule has 0 spiro atoms. The van der Waals surface area contributed by atoms with Crippen LogP contribution in [0.2, 0.25) is 0 Å². The van der Waals surface area contributed by atoms with Gasteiger partial charge in [0.15, 0.2) is 5.65 Å². The van der Waals surface area contributed by atoms with E-state index in [4.69, 9.17) is 0 Å². The van der Waals surface area contributed by atoms with Crippen molar-refractivity contribution >= 4 is 28.8 Å². The van der Waals surface area contributed by atoms with E-state index >= 15 is 0 Å². The van der Waals surface area contributed by atoms with Crippen molar-refractivity contribution in [3.05, 3.63) is 53.0 Å². The normalized spacial score (nSPS) is 10.9. The van der Waals surface area contributed by atoms with Gasteiger partial charge in [0.25, 0.3) is 0 Å². The fourth-order valence-corrected chi connectivity index (χ4v) is 3.22. The number of aryl methyl sites for hydroxylation is 3.